The SMILES string of the molecule is Cc1ccc2c(CC(=O)CC3CC3)cccc2c1Oc1ncccc1-c1ccnc(N[C@H]2CCCN(C(=O)OC(C)(C)C)C2)n1. The summed E-state index contributed by atoms with van der Waals surface area (Å²) in [6.45, 7) is 8.81. The number of ether oxygens (including phenoxy) is 2. The van der Waals surface area contributed by atoms with Crippen LogP contribution in [0.4, 0.5) is 10.7 Å². The van der Waals surface area contributed by atoms with Crippen LogP contribution in [0.25, 0.3) is 22.0 Å². The molecule has 3 heterocycles. The summed E-state index contributed by atoms with van der Waals surface area (Å²) in [5, 5.41) is 5.38. The Kier molecular flexibility index (Phi) is 8.70. The zero-order chi connectivity index (χ0) is 31.6. The van der Waals surface area contributed by atoms with Gasteiger partial charge in [0.25, 0.3) is 0 Å². The van der Waals surface area contributed by atoms with Gasteiger partial charge in [-0.3, -0.25) is 4.79 Å². The first-order valence-corrected chi connectivity index (χ1v) is 15.9. The maximum atomic E-state index is 12.7. The molecule has 1 saturated carbocycles. The molecule has 0 unspecified atom stereocenters. The third-order valence-corrected chi connectivity index (χ3v) is 8.21. The number of likely N-dealkylation sites (tertiary alicyclic amines) is 1. The molecule has 1 N–H and O–H groups in total. The Labute approximate surface area is 264 Å². The van der Waals surface area contributed by atoms with Gasteiger partial charge in [0, 0.05) is 49.8 Å². The minimum Gasteiger partial charge on any atom is -0.444 e. The number of fused-ring (bicyclic) bond motifs is 1. The van der Waals surface area contributed by atoms with Crippen molar-refractivity contribution in [3.05, 3.63) is 72.1 Å². The maximum Gasteiger partial charge on any atom is 0.410 e. The van der Waals surface area contributed by atoms with Crippen LogP contribution in [-0.4, -0.2) is 56.5 Å². The van der Waals surface area contributed by atoms with Crippen molar-refractivity contribution < 1.29 is 19.1 Å². The van der Waals surface area contributed by atoms with E-state index in [4.69, 9.17) is 14.5 Å². The van der Waals surface area contributed by atoms with Crippen molar-refractivity contribution in [1.82, 2.24) is 19.9 Å². The van der Waals surface area contributed by atoms with Crippen LogP contribution >= 0.6 is 0 Å². The average molecular weight is 608 g/mol. The highest BCUT2D eigenvalue weighted by Gasteiger charge is 2.28. The summed E-state index contributed by atoms with van der Waals surface area (Å²) in [5.41, 5.74) is 2.84. The smallest absolute Gasteiger partial charge is 0.410 e. The molecule has 1 aliphatic carbocycles. The van der Waals surface area contributed by atoms with Crippen LogP contribution in [0.3, 0.4) is 0 Å². The van der Waals surface area contributed by atoms with Gasteiger partial charge in [-0.25, -0.2) is 19.7 Å². The van der Waals surface area contributed by atoms with E-state index in [0.29, 0.717) is 60.9 Å². The fraction of sp³-hybridized carbons (Fsp3) is 0.417. The van der Waals surface area contributed by atoms with Crippen LogP contribution < -0.4 is 10.1 Å². The highest BCUT2D eigenvalue weighted by molar-refractivity contribution is 5.95. The van der Waals surface area contributed by atoms with Crippen LogP contribution in [0.15, 0.2) is 60.9 Å². The number of aryl methyl sites for hydroxylation is 1. The van der Waals surface area contributed by atoms with E-state index in [0.717, 1.165) is 40.3 Å². The second kappa shape index (κ2) is 12.8. The van der Waals surface area contributed by atoms with E-state index >= 15 is 0 Å². The number of carbonyl (C=O) groups excluding carboxylic acids is 2. The number of anilines is 1. The molecule has 4 aromatic rings. The van der Waals surface area contributed by atoms with Crippen LogP contribution in [0, 0.1) is 12.8 Å². The fourth-order valence-electron chi connectivity index (χ4n) is 5.83. The molecule has 2 aromatic carbocycles. The average Bonchev–Trinajstić information content (AvgIpc) is 3.82. The summed E-state index contributed by atoms with van der Waals surface area (Å²) in [5.74, 6) is 2.48. The van der Waals surface area contributed by atoms with Gasteiger partial charge in [-0.2, -0.15) is 0 Å². The van der Waals surface area contributed by atoms with Crippen molar-refractivity contribution in [2.75, 3.05) is 18.4 Å². The highest BCUT2D eigenvalue weighted by Crippen LogP contribution is 2.38. The number of rotatable bonds is 9. The molecule has 234 valence electrons. The summed E-state index contributed by atoms with van der Waals surface area (Å²) in [4.78, 5) is 41.0. The number of carbonyl (C=O) groups is 2. The molecule has 9 heteroatoms. The summed E-state index contributed by atoms with van der Waals surface area (Å²) in [6.07, 6.45) is 8.30. The zero-order valence-corrected chi connectivity index (χ0v) is 26.5. The number of Topliss-reactive ketones (excluding diaryl/α,β-unsaturated/α-hetero) is 1. The number of pyridine rings is 1. The largest absolute Gasteiger partial charge is 0.444 e. The number of ketones is 1. The Morgan fingerprint density at radius 2 is 1.82 bits per heavy atom. The van der Waals surface area contributed by atoms with Gasteiger partial charge < -0.3 is 19.7 Å². The maximum absolute atomic E-state index is 12.7. The van der Waals surface area contributed by atoms with Crippen molar-refractivity contribution in [1.29, 1.82) is 0 Å². The number of hydrogen-bond acceptors (Lipinski definition) is 8. The van der Waals surface area contributed by atoms with Gasteiger partial charge in [-0.15, -0.1) is 0 Å². The first kappa shape index (κ1) is 30.5. The summed E-state index contributed by atoms with van der Waals surface area (Å²) < 4.78 is 12.2. The number of nitrogens with zero attached hydrogens (tertiary/aromatic N) is 4. The lowest BCUT2D eigenvalue weighted by Gasteiger charge is -2.34. The molecule has 9 nitrogen and oxygen atoms in total. The first-order chi connectivity index (χ1) is 21.6. The van der Waals surface area contributed by atoms with E-state index in [2.05, 4.69) is 21.4 Å². The number of amides is 1. The number of benzene rings is 2. The van der Waals surface area contributed by atoms with Crippen molar-refractivity contribution in [3.63, 3.8) is 0 Å². The molecule has 1 aliphatic heterocycles. The Hall–Kier alpha value is -4.53. The van der Waals surface area contributed by atoms with E-state index in [1.165, 1.54) is 12.8 Å². The van der Waals surface area contributed by atoms with Gasteiger partial charge >= 0.3 is 6.09 Å². The van der Waals surface area contributed by atoms with Gasteiger partial charge in [0.05, 0.1) is 11.3 Å². The first-order valence-electron chi connectivity index (χ1n) is 15.9. The van der Waals surface area contributed by atoms with E-state index < -0.39 is 5.60 Å². The molecule has 45 heavy (non-hydrogen) atoms. The lowest BCUT2D eigenvalue weighted by Crippen LogP contribution is -2.47. The molecule has 1 atom stereocenters. The van der Waals surface area contributed by atoms with Crippen LogP contribution in [0.5, 0.6) is 11.6 Å². The van der Waals surface area contributed by atoms with Crippen molar-refractivity contribution in [3.8, 4) is 22.9 Å². The van der Waals surface area contributed by atoms with E-state index in [9.17, 15) is 9.59 Å². The molecule has 0 radical (unpaired) electrons. The molecule has 0 spiro atoms. The van der Waals surface area contributed by atoms with Crippen LogP contribution in [-0.2, 0) is 16.0 Å². The molecule has 6 rings (SSSR count). The Morgan fingerprint density at radius 3 is 2.62 bits per heavy atom. The fourth-order valence-corrected chi connectivity index (χ4v) is 5.83. The minimum absolute atomic E-state index is 0.00479. The monoisotopic (exact) mass is 607 g/mol. The zero-order valence-electron chi connectivity index (χ0n) is 26.5. The molecule has 1 saturated heterocycles. The van der Waals surface area contributed by atoms with Gasteiger partial charge in [0.15, 0.2) is 0 Å². The molecular formula is C36H41N5O4. The molecule has 2 fully saturated rings. The molecular weight excluding hydrogens is 566 g/mol. The Balaban J connectivity index is 1.22. The topological polar surface area (TPSA) is 107 Å². The van der Waals surface area contributed by atoms with Crippen LogP contribution in [0.1, 0.15) is 64.0 Å². The number of nitrogens with one attached hydrogen (secondary N) is 1. The van der Waals surface area contributed by atoms with Gasteiger partial charge in [-0.1, -0.05) is 30.3 Å². The molecule has 2 aliphatic rings. The molecule has 1 amide bonds. The van der Waals surface area contributed by atoms with E-state index in [1.54, 1.807) is 17.3 Å². The van der Waals surface area contributed by atoms with Crippen molar-refractivity contribution >= 4 is 28.6 Å². The normalized spacial score (nSPS) is 16.8. The lowest BCUT2D eigenvalue weighted by molar-refractivity contribution is -0.118. The quantitative estimate of drug-likeness (QED) is 0.208. The predicted octanol–water partition coefficient (Wildman–Crippen LogP) is 7.52. The third kappa shape index (κ3) is 7.59. The van der Waals surface area contributed by atoms with Gasteiger partial charge in [0.2, 0.25) is 11.8 Å². The Bertz CT molecular complexity index is 1710. The van der Waals surface area contributed by atoms with E-state index in [1.807, 2.05) is 70.2 Å². The summed E-state index contributed by atoms with van der Waals surface area (Å²) in [7, 11) is 0. The number of aromatic nitrogens is 3. The summed E-state index contributed by atoms with van der Waals surface area (Å²) in [6, 6.07) is 15.8. The second-order valence-corrected chi connectivity index (χ2v) is 13.2. The minimum atomic E-state index is -0.542. The van der Waals surface area contributed by atoms with Gasteiger partial charge in [0.1, 0.15) is 17.1 Å². The van der Waals surface area contributed by atoms with Crippen LogP contribution in [0.2, 0.25) is 0 Å². The number of piperidine rings is 1. The second-order valence-electron chi connectivity index (χ2n) is 13.2. The standard InChI is InChI=1S/C36H41N5O4/c1-23-12-15-28-25(21-27(42)20-24-13-14-24)8-5-10-29(28)32(23)44-33-30(11-6-17-37-33)31-16-18-38-34(40-31)39-26-9-7-19-41(22-26)35(43)45-36(2,3)4/h5-6,8,10-12,15-18,24,26H,7,9,13-14,19-22H2,1-4H3,(H,38,39,40)/t26-/m0/s1. The number of hydrogen-bond donors (Lipinski definition) is 1. The van der Waals surface area contributed by atoms with Gasteiger partial charge in [-0.05, 0) is 94.0 Å². The van der Waals surface area contributed by atoms with Crippen molar-refractivity contribution in [2.24, 2.45) is 5.92 Å². The molecule has 2 aromatic heterocycles. The van der Waals surface area contributed by atoms with Crippen molar-refractivity contribution in [2.45, 2.75) is 77.9 Å². The highest BCUT2D eigenvalue weighted by atomic mass is 16.6. The third-order valence-electron chi connectivity index (χ3n) is 8.21. The molecule has 0 bridgehead atoms. The van der Waals surface area contributed by atoms with E-state index in [-0.39, 0.29) is 12.1 Å². The predicted molar refractivity (Wildman–Crippen MR) is 175 cm³/mol. The Morgan fingerprint density at radius 1 is 0.978 bits per heavy atom. The lowest BCUT2D eigenvalue weighted by atomic mass is 9.97. The summed E-state index contributed by atoms with van der Waals surface area (Å²) >= 11 is 0.